The minimum Gasteiger partial charge on any atom is -0.326 e. The molecular formula is C23H30N4O2. The Morgan fingerprint density at radius 3 is 2.10 bits per heavy atom. The summed E-state index contributed by atoms with van der Waals surface area (Å²) in [7, 11) is 2.10. The van der Waals surface area contributed by atoms with Gasteiger partial charge in [0.1, 0.15) is 0 Å². The molecule has 1 unspecified atom stereocenters. The highest BCUT2D eigenvalue weighted by molar-refractivity contribution is 5.95. The third kappa shape index (κ3) is 6.41. The first-order chi connectivity index (χ1) is 14.0. The fourth-order valence-electron chi connectivity index (χ4n) is 3.38. The lowest BCUT2D eigenvalue weighted by atomic mass is 10.1. The molecule has 29 heavy (non-hydrogen) atoms. The smallest absolute Gasteiger partial charge is 0.241 e. The fraction of sp³-hybridized carbons (Fsp3) is 0.391. The van der Waals surface area contributed by atoms with E-state index in [4.69, 9.17) is 0 Å². The van der Waals surface area contributed by atoms with Crippen LogP contribution >= 0.6 is 0 Å². The Bertz CT molecular complexity index is 799. The van der Waals surface area contributed by atoms with Crippen LogP contribution in [0.4, 0.5) is 11.4 Å². The number of aryl methyl sites for hydroxylation is 1. The lowest BCUT2D eigenvalue weighted by Crippen LogP contribution is -2.51. The van der Waals surface area contributed by atoms with Crippen molar-refractivity contribution in [3.8, 4) is 0 Å². The second kappa shape index (κ2) is 10.2. The van der Waals surface area contributed by atoms with Crippen LogP contribution in [0.2, 0.25) is 0 Å². The predicted molar refractivity (Wildman–Crippen MR) is 117 cm³/mol. The van der Waals surface area contributed by atoms with E-state index < -0.39 is 0 Å². The normalized spacial score (nSPS) is 16.2. The number of nitrogens with zero attached hydrogens (tertiary/aromatic N) is 2. The van der Waals surface area contributed by atoms with Crippen molar-refractivity contribution in [1.82, 2.24) is 9.80 Å². The van der Waals surface area contributed by atoms with Crippen LogP contribution in [-0.2, 0) is 16.0 Å². The molecule has 154 valence electrons. The second-order valence-electron chi connectivity index (χ2n) is 7.62. The molecule has 0 bridgehead atoms. The number of nitrogens with one attached hydrogen (secondary N) is 2. The molecule has 0 saturated carbocycles. The van der Waals surface area contributed by atoms with Gasteiger partial charge in [-0.25, -0.2) is 0 Å². The van der Waals surface area contributed by atoms with Crippen molar-refractivity contribution in [2.75, 3.05) is 43.9 Å². The Labute approximate surface area is 172 Å². The first-order valence-corrected chi connectivity index (χ1v) is 10.2. The molecule has 1 fully saturated rings. The van der Waals surface area contributed by atoms with Crippen molar-refractivity contribution in [1.29, 1.82) is 0 Å². The number of hydrogen-bond donors (Lipinski definition) is 2. The molecule has 2 aromatic carbocycles. The predicted octanol–water partition coefficient (Wildman–Crippen LogP) is 2.83. The van der Waals surface area contributed by atoms with Crippen molar-refractivity contribution in [2.24, 2.45) is 0 Å². The summed E-state index contributed by atoms with van der Waals surface area (Å²) in [5, 5.41) is 5.88. The van der Waals surface area contributed by atoms with Crippen LogP contribution < -0.4 is 10.6 Å². The standard InChI is InChI=1S/C23H30N4O2/c1-18(27-16-14-26(2)15-17-27)23(29)25-21-11-9-20(10-12-21)24-22(28)13-8-19-6-4-3-5-7-19/h3-7,9-12,18H,8,13-17H2,1-2H3,(H,24,28)(H,25,29). The van der Waals surface area contributed by atoms with Gasteiger partial charge in [-0.05, 0) is 50.2 Å². The fourth-order valence-corrected chi connectivity index (χ4v) is 3.38. The molecule has 0 spiro atoms. The van der Waals surface area contributed by atoms with E-state index in [0.717, 1.165) is 43.1 Å². The number of rotatable bonds is 7. The van der Waals surface area contributed by atoms with Crippen molar-refractivity contribution in [2.45, 2.75) is 25.8 Å². The Morgan fingerprint density at radius 2 is 1.48 bits per heavy atom. The number of hydrogen-bond acceptors (Lipinski definition) is 4. The van der Waals surface area contributed by atoms with Crippen LogP contribution in [0.25, 0.3) is 0 Å². The topological polar surface area (TPSA) is 64.7 Å². The molecule has 6 heteroatoms. The van der Waals surface area contributed by atoms with Gasteiger partial charge in [0.2, 0.25) is 11.8 Å². The maximum absolute atomic E-state index is 12.5. The van der Waals surface area contributed by atoms with Crippen molar-refractivity contribution in [3.63, 3.8) is 0 Å². The molecule has 2 amide bonds. The molecule has 1 aliphatic heterocycles. The summed E-state index contributed by atoms with van der Waals surface area (Å²) in [5.74, 6) is -0.0245. The Kier molecular flexibility index (Phi) is 7.38. The Balaban J connectivity index is 1.45. The van der Waals surface area contributed by atoms with Crippen LogP contribution in [0.1, 0.15) is 18.9 Å². The Hall–Kier alpha value is -2.70. The molecule has 3 rings (SSSR count). The lowest BCUT2D eigenvalue weighted by molar-refractivity contribution is -0.121. The highest BCUT2D eigenvalue weighted by Crippen LogP contribution is 2.15. The molecule has 2 aromatic rings. The van der Waals surface area contributed by atoms with E-state index in [-0.39, 0.29) is 17.9 Å². The summed E-state index contributed by atoms with van der Waals surface area (Å²) >= 11 is 0. The van der Waals surface area contributed by atoms with Gasteiger partial charge in [-0.1, -0.05) is 30.3 Å². The van der Waals surface area contributed by atoms with Gasteiger partial charge in [0, 0.05) is 44.0 Å². The van der Waals surface area contributed by atoms with Crippen LogP contribution in [-0.4, -0.2) is 60.9 Å². The number of benzene rings is 2. The highest BCUT2D eigenvalue weighted by atomic mass is 16.2. The number of piperazine rings is 1. The average molecular weight is 395 g/mol. The molecule has 1 heterocycles. The van der Waals surface area contributed by atoms with Gasteiger partial charge in [-0.2, -0.15) is 0 Å². The van der Waals surface area contributed by atoms with E-state index in [9.17, 15) is 9.59 Å². The molecule has 1 aliphatic rings. The lowest BCUT2D eigenvalue weighted by Gasteiger charge is -2.35. The summed E-state index contributed by atoms with van der Waals surface area (Å²) in [6.45, 7) is 5.71. The molecular weight excluding hydrogens is 364 g/mol. The van der Waals surface area contributed by atoms with Gasteiger partial charge in [0.25, 0.3) is 0 Å². The van der Waals surface area contributed by atoms with E-state index in [1.807, 2.05) is 61.5 Å². The number of carbonyl (C=O) groups is 2. The molecule has 0 radical (unpaired) electrons. The number of carbonyl (C=O) groups excluding carboxylic acids is 2. The highest BCUT2D eigenvalue weighted by Gasteiger charge is 2.24. The summed E-state index contributed by atoms with van der Waals surface area (Å²) < 4.78 is 0. The van der Waals surface area contributed by atoms with E-state index in [0.29, 0.717) is 12.8 Å². The quantitative estimate of drug-likeness (QED) is 0.758. The molecule has 1 saturated heterocycles. The Morgan fingerprint density at radius 1 is 0.897 bits per heavy atom. The van der Waals surface area contributed by atoms with E-state index in [1.54, 1.807) is 0 Å². The van der Waals surface area contributed by atoms with Crippen molar-refractivity contribution in [3.05, 3.63) is 60.2 Å². The molecule has 0 aromatic heterocycles. The van der Waals surface area contributed by atoms with Crippen molar-refractivity contribution < 1.29 is 9.59 Å². The zero-order valence-electron chi connectivity index (χ0n) is 17.2. The third-order valence-electron chi connectivity index (χ3n) is 5.38. The first-order valence-electron chi connectivity index (χ1n) is 10.2. The monoisotopic (exact) mass is 394 g/mol. The van der Waals surface area contributed by atoms with E-state index in [2.05, 4.69) is 27.5 Å². The second-order valence-corrected chi connectivity index (χ2v) is 7.62. The zero-order chi connectivity index (χ0) is 20.6. The minimum atomic E-state index is -0.166. The van der Waals surface area contributed by atoms with Crippen LogP contribution in [0.3, 0.4) is 0 Å². The summed E-state index contributed by atoms with van der Waals surface area (Å²) in [6.07, 6.45) is 1.15. The van der Waals surface area contributed by atoms with Gasteiger partial charge in [-0.15, -0.1) is 0 Å². The van der Waals surface area contributed by atoms with Crippen LogP contribution in [0.5, 0.6) is 0 Å². The van der Waals surface area contributed by atoms with Gasteiger partial charge in [-0.3, -0.25) is 14.5 Å². The minimum absolute atomic E-state index is 0.00537. The number of likely N-dealkylation sites (N-methyl/N-ethyl adjacent to an activating group) is 1. The number of amides is 2. The van der Waals surface area contributed by atoms with Gasteiger partial charge >= 0.3 is 0 Å². The summed E-state index contributed by atoms with van der Waals surface area (Å²) in [5.41, 5.74) is 2.61. The molecule has 6 nitrogen and oxygen atoms in total. The largest absolute Gasteiger partial charge is 0.326 e. The SMILES string of the molecule is CC(C(=O)Nc1ccc(NC(=O)CCc2ccccc2)cc1)N1CCN(C)CC1. The van der Waals surface area contributed by atoms with Crippen LogP contribution in [0.15, 0.2) is 54.6 Å². The molecule has 1 atom stereocenters. The first kappa shape index (κ1) is 21.0. The van der Waals surface area contributed by atoms with Gasteiger partial charge in [0.05, 0.1) is 6.04 Å². The molecule has 0 aliphatic carbocycles. The van der Waals surface area contributed by atoms with Crippen LogP contribution in [0, 0.1) is 0 Å². The summed E-state index contributed by atoms with van der Waals surface area (Å²) in [4.78, 5) is 29.2. The van der Waals surface area contributed by atoms with Gasteiger partial charge < -0.3 is 15.5 Å². The number of anilines is 2. The van der Waals surface area contributed by atoms with E-state index in [1.165, 1.54) is 0 Å². The summed E-state index contributed by atoms with van der Waals surface area (Å²) in [6, 6.07) is 17.1. The average Bonchev–Trinajstić information content (AvgIpc) is 2.74. The zero-order valence-corrected chi connectivity index (χ0v) is 17.2. The molecule has 2 N–H and O–H groups in total. The third-order valence-corrected chi connectivity index (χ3v) is 5.38. The maximum Gasteiger partial charge on any atom is 0.241 e. The maximum atomic E-state index is 12.5. The van der Waals surface area contributed by atoms with Gasteiger partial charge in [0.15, 0.2) is 0 Å². The van der Waals surface area contributed by atoms with E-state index >= 15 is 0 Å². The van der Waals surface area contributed by atoms with Crippen molar-refractivity contribution >= 4 is 23.2 Å².